The summed E-state index contributed by atoms with van der Waals surface area (Å²) in [5.41, 5.74) is 9.46. The van der Waals surface area contributed by atoms with Crippen LogP contribution in [0.25, 0.3) is 22.4 Å². The Kier molecular flexibility index (Phi) is 5.48. The van der Waals surface area contributed by atoms with E-state index < -0.39 is 0 Å². The maximum atomic E-state index is 13.0. The van der Waals surface area contributed by atoms with E-state index in [0.29, 0.717) is 64.1 Å². The Labute approximate surface area is 199 Å². The Morgan fingerprint density at radius 2 is 1.94 bits per heavy atom. The number of hydrogen-bond donors (Lipinski definition) is 2. The number of nitrogens with two attached hydrogens (primary N) is 1. The van der Waals surface area contributed by atoms with Crippen LogP contribution in [0.1, 0.15) is 16.8 Å². The monoisotopic (exact) mass is 556 g/mol. The summed E-state index contributed by atoms with van der Waals surface area (Å²) < 4.78 is 7.24. The summed E-state index contributed by atoms with van der Waals surface area (Å²) in [4.78, 5) is 35.5. The number of H-pyrrole nitrogens is 1. The minimum Gasteiger partial charge on any atom is -0.463 e. The predicted octanol–water partition coefficient (Wildman–Crippen LogP) is 4.21. The van der Waals surface area contributed by atoms with Crippen molar-refractivity contribution in [3.05, 3.63) is 89.0 Å². The van der Waals surface area contributed by atoms with Gasteiger partial charge in [-0.15, -0.1) is 0 Å². The zero-order chi connectivity index (χ0) is 22.4. The Hall–Kier alpha value is -2.75. The van der Waals surface area contributed by atoms with Crippen LogP contribution in [-0.4, -0.2) is 21.4 Å². The zero-order valence-corrected chi connectivity index (χ0v) is 20.0. The molecule has 9 heteroatoms. The Morgan fingerprint density at radius 1 is 1.16 bits per heavy atom. The summed E-state index contributed by atoms with van der Waals surface area (Å²) in [6, 6.07) is 10.8. The second-order valence-corrected chi connectivity index (χ2v) is 9.55. The van der Waals surface area contributed by atoms with Crippen molar-refractivity contribution >= 4 is 48.5 Å². The standard InChI is InChI=1S/C23H18Br2N4O3/c24-14-7-16-20(30)13(11-32-21(16)18(25)8-14)9-29-6-5-19-17(10-29)23(31)28-22(27-19)12-1-3-15(26)4-2-12/h1-4,7-8,11H,5-6,9-10,26H2,(H,27,28,31). The topological polar surface area (TPSA) is 105 Å². The zero-order valence-electron chi connectivity index (χ0n) is 16.8. The van der Waals surface area contributed by atoms with Crippen LogP contribution in [0.15, 0.2) is 65.6 Å². The van der Waals surface area contributed by atoms with Gasteiger partial charge in [0.25, 0.3) is 5.56 Å². The molecule has 32 heavy (non-hydrogen) atoms. The highest BCUT2D eigenvalue weighted by Crippen LogP contribution is 2.27. The molecule has 3 heterocycles. The third-order valence-electron chi connectivity index (χ3n) is 5.59. The van der Waals surface area contributed by atoms with Gasteiger partial charge >= 0.3 is 0 Å². The lowest BCUT2D eigenvalue weighted by Gasteiger charge is -2.27. The summed E-state index contributed by atoms with van der Waals surface area (Å²) in [7, 11) is 0. The summed E-state index contributed by atoms with van der Waals surface area (Å²) in [5.74, 6) is 0.536. The van der Waals surface area contributed by atoms with Crippen molar-refractivity contribution in [3.63, 3.8) is 0 Å². The summed E-state index contributed by atoms with van der Waals surface area (Å²) >= 11 is 6.85. The quantitative estimate of drug-likeness (QED) is 0.366. The van der Waals surface area contributed by atoms with E-state index in [1.165, 1.54) is 6.26 Å². The molecule has 0 amide bonds. The van der Waals surface area contributed by atoms with Gasteiger partial charge in [0.15, 0.2) is 11.0 Å². The smallest absolute Gasteiger partial charge is 0.255 e. The summed E-state index contributed by atoms with van der Waals surface area (Å²) in [6.07, 6.45) is 2.13. The molecule has 0 unspecified atom stereocenters. The van der Waals surface area contributed by atoms with Gasteiger partial charge in [0.1, 0.15) is 5.82 Å². The van der Waals surface area contributed by atoms with E-state index in [2.05, 4.69) is 46.7 Å². The van der Waals surface area contributed by atoms with Crippen LogP contribution < -0.4 is 16.7 Å². The van der Waals surface area contributed by atoms with Gasteiger partial charge in [-0.05, 0) is 52.3 Å². The number of aromatic amines is 1. The number of hydrogen-bond acceptors (Lipinski definition) is 6. The molecule has 0 fully saturated rings. The number of anilines is 1. The fraction of sp³-hybridized carbons (Fsp3) is 0.174. The number of benzene rings is 2. The molecule has 2 aromatic carbocycles. The van der Waals surface area contributed by atoms with Crippen LogP contribution in [0.5, 0.6) is 0 Å². The molecule has 0 bridgehead atoms. The molecule has 5 rings (SSSR count). The average molecular weight is 558 g/mol. The number of nitrogen functional groups attached to an aromatic ring is 1. The molecule has 0 radical (unpaired) electrons. The van der Waals surface area contributed by atoms with E-state index in [0.717, 1.165) is 15.7 Å². The molecule has 162 valence electrons. The third kappa shape index (κ3) is 3.92. The van der Waals surface area contributed by atoms with E-state index in [1.807, 2.05) is 18.2 Å². The number of rotatable bonds is 3. The lowest BCUT2D eigenvalue weighted by Crippen LogP contribution is -2.36. The first-order valence-corrected chi connectivity index (χ1v) is 11.6. The number of halogens is 2. The van der Waals surface area contributed by atoms with Crippen LogP contribution in [0.2, 0.25) is 0 Å². The van der Waals surface area contributed by atoms with Crippen molar-refractivity contribution in [1.29, 1.82) is 0 Å². The fourth-order valence-corrected chi connectivity index (χ4v) is 5.27. The third-order valence-corrected chi connectivity index (χ3v) is 6.64. The van der Waals surface area contributed by atoms with E-state index in [-0.39, 0.29) is 11.0 Å². The fourth-order valence-electron chi connectivity index (χ4n) is 3.95. The van der Waals surface area contributed by atoms with Crippen molar-refractivity contribution < 1.29 is 4.42 Å². The van der Waals surface area contributed by atoms with E-state index in [4.69, 9.17) is 10.2 Å². The molecule has 0 spiro atoms. The predicted molar refractivity (Wildman–Crippen MR) is 130 cm³/mol. The molecule has 1 aliphatic heterocycles. The van der Waals surface area contributed by atoms with Crippen molar-refractivity contribution in [3.8, 4) is 11.4 Å². The minimum atomic E-state index is -0.162. The molecular formula is C23H18Br2N4O3. The highest BCUT2D eigenvalue weighted by Gasteiger charge is 2.23. The Balaban J connectivity index is 1.43. The van der Waals surface area contributed by atoms with Gasteiger partial charge in [-0.1, -0.05) is 15.9 Å². The van der Waals surface area contributed by atoms with Crippen LogP contribution >= 0.6 is 31.9 Å². The normalized spacial score (nSPS) is 13.9. The van der Waals surface area contributed by atoms with Crippen molar-refractivity contribution in [1.82, 2.24) is 14.9 Å². The number of nitrogens with zero attached hydrogens (tertiary/aromatic N) is 2. The van der Waals surface area contributed by atoms with E-state index >= 15 is 0 Å². The van der Waals surface area contributed by atoms with Gasteiger partial charge in [0.2, 0.25) is 0 Å². The van der Waals surface area contributed by atoms with Crippen LogP contribution in [0.3, 0.4) is 0 Å². The minimum absolute atomic E-state index is 0.0789. The molecule has 7 nitrogen and oxygen atoms in total. The Morgan fingerprint density at radius 3 is 2.72 bits per heavy atom. The highest BCUT2D eigenvalue weighted by molar-refractivity contribution is 9.11. The van der Waals surface area contributed by atoms with Crippen molar-refractivity contribution in [2.45, 2.75) is 19.5 Å². The van der Waals surface area contributed by atoms with Crippen LogP contribution in [-0.2, 0) is 19.5 Å². The largest absolute Gasteiger partial charge is 0.463 e. The van der Waals surface area contributed by atoms with E-state index in [9.17, 15) is 9.59 Å². The van der Waals surface area contributed by atoms with Gasteiger partial charge in [-0.2, -0.15) is 0 Å². The molecule has 1 aliphatic rings. The molecule has 0 saturated carbocycles. The van der Waals surface area contributed by atoms with E-state index in [1.54, 1.807) is 18.2 Å². The maximum absolute atomic E-state index is 13.0. The van der Waals surface area contributed by atoms with Gasteiger partial charge < -0.3 is 15.1 Å². The maximum Gasteiger partial charge on any atom is 0.255 e. The molecular weight excluding hydrogens is 540 g/mol. The molecule has 0 saturated heterocycles. The lowest BCUT2D eigenvalue weighted by molar-refractivity contribution is 0.239. The van der Waals surface area contributed by atoms with Crippen LogP contribution in [0, 0.1) is 0 Å². The van der Waals surface area contributed by atoms with Crippen molar-refractivity contribution in [2.75, 3.05) is 12.3 Å². The molecule has 2 aromatic heterocycles. The molecule has 0 aliphatic carbocycles. The first-order valence-electron chi connectivity index (χ1n) is 9.99. The Bertz CT molecular complexity index is 1460. The molecule has 0 atom stereocenters. The lowest BCUT2D eigenvalue weighted by atomic mass is 10.1. The first-order chi connectivity index (χ1) is 15.4. The van der Waals surface area contributed by atoms with Crippen LogP contribution in [0.4, 0.5) is 5.69 Å². The van der Waals surface area contributed by atoms with Gasteiger partial charge in [0, 0.05) is 47.3 Å². The molecule has 3 N–H and O–H groups in total. The summed E-state index contributed by atoms with van der Waals surface area (Å²) in [5, 5.41) is 0.508. The second-order valence-electron chi connectivity index (χ2n) is 7.78. The number of nitrogens with one attached hydrogen (secondary N) is 1. The van der Waals surface area contributed by atoms with Gasteiger partial charge in [-0.25, -0.2) is 4.98 Å². The first kappa shape index (κ1) is 21.1. The number of aromatic nitrogens is 2. The van der Waals surface area contributed by atoms with Gasteiger partial charge in [0.05, 0.1) is 27.4 Å². The summed E-state index contributed by atoms with van der Waals surface area (Å²) in [6.45, 7) is 1.49. The van der Waals surface area contributed by atoms with Gasteiger partial charge in [-0.3, -0.25) is 14.5 Å². The highest BCUT2D eigenvalue weighted by atomic mass is 79.9. The second kappa shape index (κ2) is 8.31. The van der Waals surface area contributed by atoms with Crippen molar-refractivity contribution in [2.24, 2.45) is 0 Å². The SMILES string of the molecule is Nc1ccc(-c2nc3c(c(=O)[nH]2)CN(Cc2coc4c(Br)cc(Br)cc4c2=O)CC3)cc1. The molecule has 4 aromatic rings. The number of fused-ring (bicyclic) bond motifs is 2. The average Bonchev–Trinajstić information content (AvgIpc) is 2.77.